The Hall–Kier alpha value is -2.82. The topological polar surface area (TPSA) is 64.6 Å². The largest absolute Gasteiger partial charge is 0.479 e. The van der Waals surface area contributed by atoms with E-state index in [1.807, 2.05) is 57.2 Å². The minimum atomic E-state index is -0.796. The van der Waals surface area contributed by atoms with E-state index in [0.29, 0.717) is 11.4 Å². The van der Waals surface area contributed by atoms with Gasteiger partial charge in [0.25, 0.3) is 5.91 Å². The van der Waals surface area contributed by atoms with Gasteiger partial charge in [0.05, 0.1) is 0 Å². The first-order chi connectivity index (χ1) is 11.8. The first-order valence-electron chi connectivity index (χ1n) is 8.12. The average Bonchev–Trinajstić information content (AvgIpc) is 2.55. The lowest BCUT2D eigenvalue weighted by Crippen LogP contribution is -2.29. The fourth-order valence-electron chi connectivity index (χ4n) is 2.34. The summed E-state index contributed by atoms with van der Waals surface area (Å²) >= 11 is 0. The van der Waals surface area contributed by atoms with Crippen LogP contribution in [0.15, 0.2) is 42.5 Å². The summed E-state index contributed by atoms with van der Waals surface area (Å²) in [5.74, 6) is -0.385. The van der Waals surface area contributed by atoms with Crippen LogP contribution in [0.25, 0.3) is 0 Å². The minimum Gasteiger partial charge on any atom is -0.479 e. The standard InChI is InChI=1S/C20H23NO4/c1-13-6-5-7-17(11-13)25-16(4)20(23)24-12-19(22)21-18-9-8-14(2)10-15(18)3/h5-11,16H,12H2,1-4H3,(H,21,22)/t16-/m0/s1. The van der Waals surface area contributed by atoms with E-state index < -0.39 is 12.1 Å². The second-order valence-corrected chi connectivity index (χ2v) is 6.05. The van der Waals surface area contributed by atoms with Crippen molar-refractivity contribution in [2.75, 3.05) is 11.9 Å². The van der Waals surface area contributed by atoms with Crippen LogP contribution in [0.4, 0.5) is 5.69 Å². The summed E-state index contributed by atoms with van der Waals surface area (Å²) < 4.78 is 10.6. The van der Waals surface area contributed by atoms with E-state index >= 15 is 0 Å². The number of ether oxygens (including phenoxy) is 2. The molecule has 5 nitrogen and oxygen atoms in total. The number of anilines is 1. The first kappa shape index (κ1) is 18.5. The number of esters is 1. The molecule has 2 rings (SSSR count). The molecule has 0 radical (unpaired) electrons. The Morgan fingerprint density at radius 3 is 2.44 bits per heavy atom. The quantitative estimate of drug-likeness (QED) is 0.816. The molecular formula is C20H23NO4. The third-order valence-electron chi connectivity index (χ3n) is 3.64. The van der Waals surface area contributed by atoms with Crippen LogP contribution >= 0.6 is 0 Å². The number of hydrogen-bond donors (Lipinski definition) is 1. The fraction of sp³-hybridized carbons (Fsp3) is 0.300. The molecule has 0 heterocycles. The normalized spacial score (nSPS) is 11.5. The molecule has 1 N–H and O–H groups in total. The number of benzene rings is 2. The molecular weight excluding hydrogens is 318 g/mol. The Labute approximate surface area is 148 Å². The summed E-state index contributed by atoms with van der Waals surface area (Å²) in [6.07, 6.45) is -0.796. The van der Waals surface area contributed by atoms with Crippen molar-refractivity contribution in [3.63, 3.8) is 0 Å². The van der Waals surface area contributed by atoms with Crippen molar-refractivity contribution in [1.29, 1.82) is 0 Å². The van der Waals surface area contributed by atoms with Crippen LogP contribution < -0.4 is 10.1 Å². The Kier molecular flexibility index (Phi) is 6.17. The predicted molar refractivity (Wildman–Crippen MR) is 96.8 cm³/mol. The molecule has 5 heteroatoms. The van der Waals surface area contributed by atoms with Crippen LogP contribution in [0, 0.1) is 20.8 Å². The Bertz CT molecular complexity index is 770. The van der Waals surface area contributed by atoms with Gasteiger partial charge in [-0.2, -0.15) is 0 Å². The number of carbonyl (C=O) groups excluding carboxylic acids is 2. The summed E-state index contributed by atoms with van der Waals surface area (Å²) in [4.78, 5) is 23.9. The summed E-state index contributed by atoms with van der Waals surface area (Å²) in [6.45, 7) is 7.07. The third kappa shape index (κ3) is 5.64. The highest BCUT2D eigenvalue weighted by Gasteiger charge is 2.18. The van der Waals surface area contributed by atoms with Gasteiger partial charge in [-0.05, 0) is 57.0 Å². The molecule has 2 aromatic carbocycles. The minimum absolute atomic E-state index is 0.354. The smallest absolute Gasteiger partial charge is 0.347 e. The van der Waals surface area contributed by atoms with Gasteiger partial charge in [0.15, 0.2) is 12.7 Å². The molecule has 25 heavy (non-hydrogen) atoms. The molecule has 0 unspecified atom stereocenters. The van der Waals surface area contributed by atoms with E-state index in [-0.39, 0.29) is 12.5 Å². The zero-order valence-corrected chi connectivity index (χ0v) is 15.0. The molecule has 0 aliphatic heterocycles. The molecule has 0 aromatic heterocycles. The van der Waals surface area contributed by atoms with Gasteiger partial charge in [-0.25, -0.2) is 4.79 Å². The maximum Gasteiger partial charge on any atom is 0.347 e. The van der Waals surface area contributed by atoms with Gasteiger partial charge >= 0.3 is 5.97 Å². The predicted octanol–water partition coefficient (Wildman–Crippen LogP) is 3.56. The molecule has 0 fully saturated rings. The molecule has 132 valence electrons. The van der Waals surface area contributed by atoms with Gasteiger partial charge in [-0.3, -0.25) is 4.79 Å². The molecule has 1 amide bonds. The van der Waals surface area contributed by atoms with Crippen molar-refractivity contribution in [3.05, 3.63) is 59.2 Å². The summed E-state index contributed by atoms with van der Waals surface area (Å²) in [5.41, 5.74) is 3.81. The van der Waals surface area contributed by atoms with Gasteiger partial charge in [-0.15, -0.1) is 0 Å². The summed E-state index contributed by atoms with van der Waals surface area (Å²) in [6, 6.07) is 13.1. The Balaban J connectivity index is 1.83. The van der Waals surface area contributed by atoms with Crippen LogP contribution in [-0.4, -0.2) is 24.6 Å². The van der Waals surface area contributed by atoms with E-state index in [4.69, 9.17) is 9.47 Å². The van der Waals surface area contributed by atoms with Gasteiger partial charge in [-0.1, -0.05) is 29.8 Å². The van der Waals surface area contributed by atoms with Gasteiger partial charge in [0, 0.05) is 5.69 Å². The highest BCUT2D eigenvalue weighted by atomic mass is 16.6. The molecule has 0 bridgehead atoms. The number of nitrogens with one attached hydrogen (secondary N) is 1. The van der Waals surface area contributed by atoms with Crippen LogP contribution in [-0.2, 0) is 14.3 Å². The van der Waals surface area contributed by atoms with Crippen molar-refractivity contribution >= 4 is 17.6 Å². The number of carbonyl (C=O) groups is 2. The molecule has 1 atom stereocenters. The van der Waals surface area contributed by atoms with Crippen LogP contribution in [0.1, 0.15) is 23.6 Å². The van der Waals surface area contributed by atoms with E-state index in [9.17, 15) is 9.59 Å². The second kappa shape index (κ2) is 8.33. The van der Waals surface area contributed by atoms with Crippen molar-refractivity contribution in [3.8, 4) is 5.75 Å². The van der Waals surface area contributed by atoms with Crippen molar-refractivity contribution in [1.82, 2.24) is 0 Å². The number of hydrogen-bond acceptors (Lipinski definition) is 4. The number of amides is 1. The molecule has 0 aliphatic rings. The number of aryl methyl sites for hydroxylation is 3. The zero-order valence-electron chi connectivity index (χ0n) is 15.0. The SMILES string of the molecule is Cc1cccc(O[C@@H](C)C(=O)OCC(=O)Nc2ccc(C)cc2C)c1. The number of rotatable bonds is 6. The van der Waals surface area contributed by atoms with E-state index in [1.165, 1.54) is 0 Å². The van der Waals surface area contributed by atoms with E-state index in [1.54, 1.807) is 13.0 Å². The highest BCUT2D eigenvalue weighted by Crippen LogP contribution is 2.16. The first-order valence-corrected chi connectivity index (χ1v) is 8.12. The van der Waals surface area contributed by atoms with Crippen molar-refractivity contribution in [2.45, 2.75) is 33.8 Å². The van der Waals surface area contributed by atoms with Gasteiger partial charge in [0.2, 0.25) is 0 Å². The average molecular weight is 341 g/mol. The van der Waals surface area contributed by atoms with Crippen molar-refractivity contribution in [2.24, 2.45) is 0 Å². The van der Waals surface area contributed by atoms with E-state index in [2.05, 4.69) is 5.32 Å². The molecule has 0 saturated heterocycles. The van der Waals surface area contributed by atoms with Gasteiger partial charge < -0.3 is 14.8 Å². The van der Waals surface area contributed by atoms with E-state index in [0.717, 1.165) is 16.7 Å². The van der Waals surface area contributed by atoms with Crippen LogP contribution in [0.3, 0.4) is 0 Å². The van der Waals surface area contributed by atoms with Crippen LogP contribution in [0.2, 0.25) is 0 Å². The van der Waals surface area contributed by atoms with Gasteiger partial charge in [0.1, 0.15) is 5.75 Å². The highest BCUT2D eigenvalue weighted by molar-refractivity contribution is 5.93. The molecule has 2 aromatic rings. The zero-order chi connectivity index (χ0) is 18.4. The molecule has 0 aliphatic carbocycles. The van der Waals surface area contributed by atoms with Crippen molar-refractivity contribution < 1.29 is 19.1 Å². The summed E-state index contributed by atoms with van der Waals surface area (Å²) in [7, 11) is 0. The lowest BCUT2D eigenvalue weighted by molar-refractivity contribution is -0.153. The lowest BCUT2D eigenvalue weighted by Gasteiger charge is -2.14. The summed E-state index contributed by atoms with van der Waals surface area (Å²) in [5, 5.41) is 2.73. The van der Waals surface area contributed by atoms with Crippen LogP contribution in [0.5, 0.6) is 5.75 Å². The maximum absolute atomic E-state index is 12.0. The monoisotopic (exact) mass is 341 g/mol. The third-order valence-corrected chi connectivity index (χ3v) is 3.64. The molecule has 0 saturated carbocycles. The second-order valence-electron chi connectivity index (χ2n) is 6.05. The maximum atomic E-state index is 12.0. The molecule has 0 spiro atoms. The Morgan fingerprint density at radius 1 is 1.04 bits per heavy atom. The fourth-order valence-corrected chi connectivity index (χ4v) is 2.34. The Morgan fingerprint density at radius 2 is 1.76 bits per heavy atom. The lowest BCUT2D eigenvalue weighted by atomic mass is 10.1.